The molecule has 0 N–H and O–H groups in total. The van der Waals surface area contributed by atoms with Gasteiger partial charge in [-0.2, -0.15) is 0 Å². The molecule has 0 radical (unpaired) electrons. The van der Waals surface area contributed by atoms with Gasteiger partial charge >= 0.3 is 11.2 Å². The van der Waals surface area contributed by atoms with Crippen molar-refractivity contribution in [1.82, 2.24) is 9.47 Å². The largest absolute Gasteiger partial charge is 0.363 e. The topological polar surface area (TPSA) is 71.6 Å². The van der Waals surface area contributed by atoms with Crippen molar-refractivity contribution in [3.05, 3.63) is 116 Å². The maximum atomic E-state index is 14.2. The molecule has 0 unspecified atom stereocenters. The first-order chi connectivity index (χ1) is 17.7. The molecule has 1 aromatic heterocycles. The third kappa shape index (κ3) is 4.55. The second-order valence-corrected chi connectivity index (χ2v) is 9.01. The molecule has 3 aromatic carbocycles. The number of nitro groups is 1. The minimum Gasteiger partial charge on any atom is -0.363 e. The lowest BCUT2D eigenvalue weighted by Crippen LogP contribution is -2.48. The van der Waals surface area contributed by atoms with Crippen LogP contribution in [-0.4, -0.2) is 40.6 Å². The summed E-state index contributed by atoms with van der Waals surface area (Å²) in [4.78, 5) is 28.0. The van der Waals surface area contributed by atoms with E-state index < -0.39 is 22.0 Å². The number of halogens is 3. The highest BCUT2D eigenvalue weighted by atomic mass is 19.1. The van der Waals surface area contributed by atoms with E-state index in [0.717, 1.165) is 15.7 Å². The number of rotatable bonds is 5. The van der Waals surface area contributed by atoms with Gasteiger partial charge in [0.2, 0.25) is 0 Å². The summed E-state index contributed by atoms with van der Waals surface area (Å²) in [6.07, 6.45) is 0. The molecule has 0 spiro atoms. The van der Waals surface area contributed by atoms with Crippen LogP contribution in [0.5, 0.6) is 0 Å². The van der Waals surface area contributed by atoms with Crippen LogP contribution in [0.3, 0.4) is 0 Å². The molecule has 1 aliphatic rings. The molecular formula is C27H23F3N4O3. The Labute approximate surface area is 210 Å². The molecule has 0 bridgehead atoms. The van der Waals surface area contributed by atoms with Gasteiger partial charge in [0.15, 0.2) is 0 Å². The Morgan fingerprint density at radius 1 is 0.811 bits per heavy atom. The Kier molecular flexibility index (Phi) is 6.43. The third-order valence-corrected chi connectivity index (χ3v) is 6.86. The molecule has 0 saturated carbocycles. The molecule has 0 amide bonds. The van der Waals surface area contributed by atoms with Crippen LogP contribution in [0.15, 0.2) is 71.5 Å². The molecule has 37 heavy (non-hydrogen) atoms. The molecule has 0 atom stereocenters. The standard InChI is InChI=1S/C27H23F3N4O3/c1-31-23-11-10-21(30)16-22(23)25(26(27(31)35)34(36)37)33-14-12-32(13-15-33)24(17-2-6-19(28)7-3-17)18-4-8-20(29)9-5-18/h2-11,16,24H,12-15H2,1H3. The van der Waals surface area contributed by atoms with Crippen molar-refractivity contribution >= 4 is 22.3 Å². The van der Waals surface area contributed by atoms with E-state index in [-0.39, 0.29) is 28.7 Å². The monoisotopic (exact) mass is 508 g/mol. The molecule has 0 aliphatic carbocycles. The van der Waals surface area contributed by atoms with Crippen LogP contribution in [0.4, 0.5) is 24.5 Å². The van der Waals surface area contributed by atoms with E-state index in [1.807, 2.05) is 0 Å². The number of benzene rings is 3. The molecular weight excluding hydrogens is 485 g/mol. The minimum absolute atomic E-state index is 0.0994. The third-order valence-electron chi connectivity index (χ3n) is 6.86. The fourth-order valence-electron chi connectivity index (χ4n) is 5.08. The maximum Gasteiger partial charge on any atom is 0.357 e. The van der Waals surface area contributed by atoms with Crippen LogP contribution in [0, 0.1) is 27.6 Å². The number of pyridine rings is 1. The smallest absolute Gasteiger partial charge is 0.357 e. The summed E-state index contributed by atoms with van der Waals surface area (Å²) in [5.74, 6) is -1.31. The predicted octanol–water partition coefficient (Wildman–Crippen LogP) is 4.78. The number of aryl methyl sites for hydroxylation is 1. The molecule has 5 rings (SSSR count). The lowest BCUT2D eigenvalue weighted by Gasteiger charge is -2.40. The molecule has 7 nitrogen and oxygen atoms in total. The first-order valence-corrected chi connectivity index (χ1v) is 11.7. The number of hydrogen-bond donors (Lipinski definition) is 0. The summed E-state index contributed by atoms with van der Waals surface area (Å²) in [7, 11) is 1.42. The van der Waals surface area contributed by atoms with Crippen LogP contribution >= 0.6 is 0 Å². The van der Waals surface area contributed by atoms with Gasteiger partial charge < -0.3 is 9.47 Å². The number of aromatic nitrogens is 1. The van der Waals surface area contributed by atoms with E-state index in [1.165, 1.54) is 49.5 Å². The summed E-state index contributed by atoms with van der Waals surface area (Å²) in [5.41, 5.74) is 0.758. The van der Waals surface area contributed by atoms with Crippen LogP contribution in [0.1, 0.15) is 17.2 Å². The minimum atomic E-state index is -0.767. The van der Waals surface area contributed by atoms with Crippen molar-refractivity contribution < 1.29 is 18.1 Å². The van der Waals surface area contributed by atoms with Gasteiger partial charge in [-0.25, -0.2) is 13.2 Å². The fraction of sp³-hybridized carbons (Fsp3) is 0.222. The zero-order chi connectivity index (χ0) is 26.3. The number of fused-ring (bicyclic) bond motifs is 1. The fourth-order valence-corrected chi connectivity index (χ4v) is 5.08. The molecule has 10 heteroatoms. The molecule has 1 aliphatic heterocycles. The second-order valence-electron chi connectivity index (χ2n) is 9.01. The highest BCUT2D eigenvalue weighted by Gasteiger charge is 2.33. The zero-order valence-electron chi connectivity index (χ0n) is 19.9. The van der Waals surface area contributed by atoms with E-state index >= 15 is 0 Å². The van der Waals surface area contributed by atoms with Crippen molar-refractivity contribution in [2.24, 2.45) is 7.05 Å². The summed E-state index contributed by atoms with van der Waals surface area (Å²) in [6.45, 7) is 1.50. The summed E-state index contributed by atoms with van der Waals surface area (Å²) >= 11 is 0. The van der Waals surface area contributed by atoms with E-state index in [0.29, 0.717) is 31.7 Å². The number of anilines is 1. The quantitative estimate of drug-likeness (QED) is 0.287. The van der Waals surface area contributed by atoms with E-state index in [9.17, 15) is 28.1 Å². The van der Waals surface area contributed by atoms with E-state index in [2.05, 4.69) is 4.90 Å². The summed E-state index contributed by atoms with van der Waals surface area (Å²) in [5, 5.41) is 12.3. The first kappa shape index (κ1) is 24.5. The van der Waals surface area contributed by atoms with Crippen molar-refractivity contribution in [1.29, 1.82) is 0 Å². The second kappa shape index (κ2) is 9.70. The number of hydrogen-bond acceptors (Lipinski definition) is 5. The van der Waals surface area contributed by atoms with Crippen LogP contribution < -0.4 is 10.5 Å². The van der Waals surface area contributed by atoms with Gasteiger partial charge in [-0.05, 0) is 53.6 Å². The SMILES string of the molecule is Cn1c(=O)c([N+](=O)[O-])c(N2CCN(C(c3ccc(F)cc3)c3ccc(F)cc3)CC2)c2cc(F)ccc21. The highest BCUT2D eigenvalue weighted by molar-refractivity contribution is 5.96. The zero-order valence-corrected chi connectivity index (χ0v) is 19.9. The Bertz CT molecular complexity index is 1480. The molecule has 1 fully saturated rings. The molecule has 2 heterocycles. The lowest BCUT2D eigenvalue weighted by molar-refractivity contribution is -0.385. The van der Waals surface area contributed by atoms with Gasteiger partial charge in [0.25, 0.3) is 0 Å². The predicted molar refractivity (Wildman–Crippen MR) is 134 cm³/mol. The van der Waals surface area contributed by atoms with Gasteiger partial charge in [-0.3, -0.25) is 19.8 Å². The van der Waals surface area contributed by atoms with Gasteiger partial charge in [0, 0.05) is 38.6 Å². The summed E-state index contributed by atoms with van der Waals surface area (Å²) < 4.78 is 42.6. The van der Waals surface area contributed by atoms with Crippen molar-refractivity contribution in [3.8, 4) is 0 Å². The van der Waals surface area contributed by atoms with E-state index in [4.69, 9.17) is 0 Å². The number of nitrogens with zero attached hydrogens (tertiary/aromatic N) is 4. The van der Waals surface area contributed by atoms with E-state index in [1.54, 1.807) is 29.2 Å². The van der Waals surface area contributed by atoms with Gasteiger partial charge in [0.05, 0.1) is 16.5 Å². The molecule has 4 aromatic rings. The van der Waals surface area contributed by atoms with Gasteiger partial charge in [0.1, 0.15) is 23.1 Å². The maximum absolute atomic E-state index is 14.2. The Hall–Kier alpha value is -4.18. The first-order valence-electron chi connectivity index (χ1n) is 11.7. The average Bonchev–Trinajstić information content (AvgIpc) is 2.88. The number of piperazine rings is 1. The highest BCUT2D eigenvalue weighted by Crippen LogP contribution is 2.36. The molecule has 1 saturated heterocycles. The Balaban J connectivity index is 1.53. The Morgan fingerprint density at radius 2 is 1.32 bits per heavy atom. The molecule has 190 valence electrons. The van der Waals surface area contributed by atoms with Crippen molar-refractivity contribution in [2.45, 2.75) is 6.04 Å². The lowest BCUT2D eigenvalue weighted by atomic mass is 9.96. The van der Waals surface area contributed by atoms with Crippen molar-refractivity contribution in [2.75, 3.05) is 31.1 Å². The Morgan fingerprint density at radius 3 is 1.84 bits per heavy atom. The van der Waals surface area contributed by atoms with Gasteiger partial charge in [-0.1, -0.05) is 24.3 Å². The normalized spacial score (nSPS) is 14.5. The van der Waals surface area contributed by atoms with Gasteiger partial charge in [-0.15, -0.1) is 0 Å². The van der Waals surface area contributed by atoms with Crippen LogP contribution in [0.25, 0.3) is 10.9 Å². The van der Waals surface area contributed by atoms with Crippen LogP contribution in [-0.2, 0) is 7.05 Å². The summed E-state index contributed by atoms with van der Waals surface area (Å²) in [6, 6.07) is 15.7. The van der Waals surface area contributed by atoms with Crippen LogP contribution in [0.2, 0.25) is 0 Å². The average molecular weight is 509 g/mol. The van der Waals surface area contributed by atoms with Crippen molar-refractivity contribution in [3.63, 3.8) is 0 Å².